The topological polar surface area (TPSA) is 85.1 Å². The summed E-state index contributed by atoms with van der Waals surface area (Å²) in [6, 6.07) is 6.28. The number of nitrogens with zero attached hydrogens (tertiary/aromatic N) is 2. The van der Waals surface area contributed by atoms with Gasteiger partial charge in [0.2, 0.25) is 15.9 Å². The molecule has 7 heteroatoms. The first-order valence-electron chi connectivity index (χ1n) is 7.03. The zero-order chi connectivity index (χ0) is 16.5. The fourth-order valence-electron chi connectivity index (χ4n) is 1.97. The molecule has 1 unspecified atom stereocenters. The van der Waals surface area contributed by atoms with Crippen LogP contribution in [0, 0.1) is 6.92 Å². The summed E-state index contributed by atoms with van der Waals surface area (Å²) in [4.78, 5) is 4.24. The number of aryl methyl sites for hydroxylation is 1. The molecule has 0 bridgehead atoms. The molecule has 1 heterocycles. The third-order valence-electron chi connectivity index (χ3n) is 3.28. The third-order valence-corrected chi connectivity index (χ3v) is 4.83. The van der Waals surface area contributed by atoms with E-state index in [9.17, 15) is 8.42 Å². The monoisotopic (exact) mass is 323 g/mol. The summed E-state index contributed by atoms with van der Waals surface area (Å²) in [7, 11) is -3.64. The van der Waals surface area contributed by atoms with Crippen molar-refractivity contribution < 1.29 is 12.9 Å². The average Bonchev–Trinajstić information content (AvgIpc) is 2.84. The van der Waals surface area contributed by atoms with Crippen LogP contribution in [0.3, 0.4) is 0 Å². The minimum absolute atomic E-state index is 0.0235. The minimum atomic E-state index is -3.64. The quantitative estimate of drug-likeness (QED) is 0.935. The Hall–Kier alpha value is -1.73. The van der Waals surface area contributed by atoms with Crippen LogP contribution in [0.5, 0.6) is 0 Å². The van der Waals surface area contributed by atoms with Gasteiger partial charge in [0.15, 0.2) is 5.82 Å². The molecule has 0 saturated heterocycles. The molecule has 0 aliphatic carbocycles. The summed E-state index contributed by atoms with van der Waals surface area (Å²) in [5.41, 5.74) is 1.05. The van der Waals surface area contributed by atoms with E-state index in [1.165, 1.54) is 0 Å². The molecule has 0 radical (unpaired) electrons. The van der Waals surface area contributed by atoms with Gasteiger partial charge in [0, 0.05) is 0 Å². The molecule has 1 aromatic carbocycles. The molecule has 1 atom stereocenters. The molecule has 0 fully saturated rings. The predicted molar refractivity (Wildman–Crippen MR) is 82.9 cm³/mol. The lowest BCUT2D eigenvalue weighted by atomic mass is 9.87. The van der Waals surface area contributed by atoms with E-state index >= 15 is 0 Å². The molecule has 0 amide bonds. The number of hydrogen-bond acceptors (Lipinski definition) is 5. The molecular weight excluding hydrogens is 302 g/mol. The molecule has 1 aromatic heterocycles. The molecule has 0 spiro atoms. The fraction of sp³-hybridized carbons (Fsp3) is 0.467. The van der Waals surface area contributed by atoms with Crippen molar-refractivity contribution >= 4 is 10.0 Å². The number of nitrogens with one attached hydrogen (secondary N) is 1. The Labute approximate surface area is 131 Å². The first-order chi connectivity index (χ1) is 10.1. The van der Waals surface area contributed by atoms with E-state index in [0.717, 1.165) is 5.56 Å². The Kier molecular flexibility index (Phi) is 4.39. The van der Waals surface area contributed by atoms with Crippen LogP contribution in [0.25, 0.3) is 0 Å². The van der Waals surface area contributed by atoms with Gasteiger partial charge >= 0.3 is 0 Å². The van der Waals surface area contributed by atoms with Crippen LogP contribution >= 0.6 is 0 Å². The third kappa shape index (κ3) is 3.72. The molecule has 0 aliphatic heterocycles. The Morgan fingerprint density at radius 1 is 1.18 bits per heavy atom. The van der Waals surface area contributed by atoms with Gasteiger partial charge in [-0.15, -0.1) is 0 Å². The molecule has 6 nitrogen and oxygen atoms in total. The van der Waals surface area contributed by atoms with E-state index in [4.69, 9.17) is 4.52 Å². The molecular formula is C15H21N3O3S. The van der Waals surface area contributed by atoms with Gasteiger partial charge in [-0.2, -0.15) is 9.71 Å². The minimum Gasteiger partial charge on any atom is -0.338 e. The highest BCUT2D eigenvalue weighted by Crippen LogP contribution is 2.24. The maximum absolute atomic E-state index is 12.4. The van der Waals surface area contributed by atoms with E-state index < -0.39 is 16.1 Å². The highest BCUT2D eigenvalue weighted by Gasteiger charge is 2.22. The predicted octanol–water partition coefficient (Wildman–Crippen LogP) is 2.72. The number of aromatic nitrogens is 2. The van der Waals surface area contributed by atoms with Crippen LogP contribution in [0.1, 0.15) is 51.0 Å². The SMILES string of the molecule is Cc1noc(C(C)NS(=O)(=O)c2ccc(C(C)(C)C)cc2)n1. The van der Waals surface area contributed by atoms with Crippen molar-refractivity contribution in [3.8, 4) is 0 Å². The second kappa shape index (κ2) is 5.81. The van der Waals surface area contributed by atoms with Crippen molar-refractivity contribution in [2.45, 2.75) is 51.0 Å². The first kappa shape index (κ1) is 16.6. The Balaban J connectivity index is 2.20. The zero-order valence-electron chi connectivity index (χ0n) is 13.4. The molecule has 0 aliphatic rings. The van der Waals surface area contributed by atoms with Gasteiger partial charge in [0.1, 0.15) is 0 Å². The lowest BCUT2D eigenvalue weighted by Gasteiger charge is -2.19. The van der Waals surface area contributed by atoms with Gasteiger partial charge in [-0.25, -0.2) is 8.42 Å². The second-order valence-electron chi connectivity index (χ2n) is 6.30. The van der Waals surface area contributed by atoms with Crippen molar-refractivity contribution in [2.24, 2.45) is 0 Å². The Morgan fingerprint density at radius 2 is 1.77 bits per heavy atom. The van der Waals surface area contributed by atoms with Crippen LogP contribution < -0.4 is 4.72 Å². The van der Waals surface area contributed by atoms with Gasteiger partial charge in [0.05, 0.1) is 10.9 Å². The summed E-state index contributed by atoms with van der Waals surface area (Å²) in [5.74, 6) is 0.711. The van der Waals surface area contributed by atoms with Gasteiger partial charge < -0.3 is 4.52 Å². The lowest BCUT2D eigenvalue weighted by molar-refractivity contribution is 0.351. The molecule has 120 valence electrons. The van der Waals surface area contributed by atoms with Crippen molar-refractivity contribution in [1.82, 2.24) is 14.9 Å². The summed E-state index contributed by atoms with van der Waals surface area (Å²) < 4.78 is 32.3. The summed E-state index contributed by atoms with van der Waals surface area (Å²) in [5, 5.41) is 3.66. The standard InChI is InChI=1S/C15H21N3O3S/c1-10(14-16-11(2)17-21-14)18-22(19,20)13-8-6-12(7-9-13)15(3,4)5/h6-10,18H,1-5H3. The normalized spacial score (nSPS) is 14.0. The zero-order valence-corrected chi connectivity index (χ0v) is 14.2. The maximum atomic E-state index is 12.4. The van der Waals surface area contributed by atoms with E-state index in [1.807, 2.05) is 12.1 Å². The van der Waals surface area contributed by atoms with Crippen molar-refractivity contribution in [3.63, 3.8) is 0 Å². The molecule has 2 rings (SSSR count). The van der Waals surface area contributed by atoms with Crippen molar-refractivity contribution in [2.75, 3.05) is 0 Å². The Bertz CT molecular complexity index is 743. The van der Waals surface area contributed by atoms with E-state index in [-0.39, 0.29) is 16.2 Å². The van der Waals surface area contributed by atoms with Gasteiger partial charge in [-0.05, 0) is 37.0 Å². The smallest absolute Gasteiger partial charge is 0.244 e. The Morgan fingerprint density at radius 3 is 2.23 bits per heavy atom. The summed E-state index contributed by atoms with van der Waals surface area (Å²) in [6.45, 7) is 9.58. The van der Waals surface area contributed by atoms with Gasteiger partial charge in [-0.3, -0.25) is 0 Å². The number of sulfonamides is 1. The lowest BCUT2D eigenvalue weighted by Crippen LogP contribution is -2.27. The van der Waals surface area contributed by atoms with Crippen LogP contribution in [0.4, 0.5) is 0 Å². The second-order valence-corrected chi connectivity index (χ2v) is 8.01. The van der Waals surface area contributed by atoms with Crippen molar-refractivity contribution in [1.29, 1.82) is 0 Å². The van der Waals surface area contributed by atoms with Crippen LogP contribution in [-0.4, -0.2) is 18.6 Å². The highest BCUT2D eigenvalue weighted by atomic mass is 32.2. The summed E-state index contributed by atoms with van der Waals surface area (Å²) in [6.07, 6.45) is 0. The van der Waals surface area contributed by atoms with Crippen LogP contribution in [0.2, 0.25) is 0 Å². The van der Waals surface area contributed by atoms with E-state index in [1.54, 1.807) is 26.0 Å². The van der Waals surface area contributed by atoms with Crippen molar-refractivity contribution in [3.05, 3.63) is 41.5 Å². The number of benzene rings is 1. The van der Waals surface area contributed by atoms with Gasteiger partial charge in [0.25, 0.3) is 0 Å². The van der Waals surface area contributed by atoms with Crippen LogP contribution in [-0.2, 0) is 15.4 Å². The highest BCUT2D eigenvalue weighted by molar-refractivity contribution is 7.89. The largest absolute Gasteiger partial charge is 0.338 e. The molecule has 2 aromatic rings. The fourth-order valence-corrected chi connectivity index (χ4v) is 3.17. The molecule has 0 saturated carbocycles. The molecule has 22 heavy (non-hydrogen) atoms. The van der Waals surface area contributed by atoms with Gasteiger partial charge in [-0.1, -0.05) is 38.1 Å². The van der Waals surface area contributed by atoms with E-state index in [2.05, 4.69) is 35.6 Å². The summed E-state index contributed by atoms with van der Waals surface area (Å²) >= 11 is 0. The number of hydrogen-bond donors (Lipinski definition) is 1. The van der Waals surface area contributed by atoms with E-state index in [0.29, 0.717) is 5.82 Å². The molecule has 1 N–H and O–H groups in total. The average molecular weight is 323 g/mol. The maximum Gasteiger partial charge on any atom is 0.244 e. The van der Waals surface area contributed by atoms with Crippen LogP contribution in [0.15, 0.2) is 33.7 Å². The number of rotatable bonds is 4. The first-order valence-corrected chi connectivity index (χ1v) is 8.51.